The van der Waals surface area contributed by atoms with E-state index in [1.807, 2.05) is 13.8 Å². The number of halogens is 2. The van der Waals surface area contributed by atoms with Crippen LogP contribution >= 0.6 is 23.2 Å². The van der Waals surface area contributed by atoms with Gasteiger partial charge in [-0.15, -0.1) is 11.6 Å². The Balaban J connectivity index is 2.89. The number of anilines is 1. The first-order valence-electron chi connectivity index (χ1n) is 4.86. The highest BCUT2D eigenvalue weighted by atomic mass is 35.5. The Bertz CT molecular complexity index is 488. The van der Waals surface area contributed by atoms with Gasteiger partial charge in [-0.25, -0.2) is 8.42 Å². The third kappa shape index (κ3) is 4.61. The number of sulfonamides is 1. The van der Waals surface area contributed by atoms with Crippen LogP contribution in [0.4, 0.5) is 5.69 Å². The molecular weight excluding hydrogens is 285 g/mol. The zero-order chi connectivity index (χ0) is 13.1. The summed E-state index contributed by atoms with van der Waals surface area (Å²) in [7, 11) is -3.51. The van der Waals surface area contributed by atoms with Gasteiger partial charge in [-0.05, 0) is 32.0 Å². The first-order valence-corrected chi connectivity index (χ1v) is 7.43. The van der Waals surface area contributed by atoms with Crippen LogP contribution in [0, 0.1) is 0 Å². The largest absolute Gasteiger partial charge is 0.489 e. The fraction of sp³-hybridized carbons (Fsp3) is 0.400. The number of ether oxygens (including phenoxy) is 1. The molecule has 0 spiro atoms. The Morgan fingerprint density at radius 2 is 2.06 bits per heavy atom. The minimum Gasteiger partial charge on any atom is -0.489 e. The van der Waals surface area contributed by atoms with Crippen molar-refractivity contribution in [2.75, 3.05) is 9.93 Å². The Labute approximate surface area is 111 Å². The van der Waals surface area contributed by atoms with E-state index >= 15 is 0 Å². The summed E-state index contributed by atoms with van der Waals surface area (Å²) >= 11 is 11.2. The maximum atomic E-state index is 11.2. The van der Waals surface area contributed by atoms with Crippen LogP contribution in [0.15, 0.2) is 18.2 Å². The number of nitrogens with one attached hydrogen (secondary N) is 1. The van der Waals surface area contributed by atoms with E-state index in [-0.39, 0.29) is 6.10 Å². The lowest BCUT2D eigenvalue weighted by Crippen LogP contribution is -2.13. The van der Waals surface area contributed by atoms with Gasteiger partial charge < -0.3 is 4.74 Å². The molecule has 0 atom stereocenters. The molecule has 0 aliphatic carbocycles. The monoisotopic (exact) mass is 297 g/mol. The SMILES string of the molecule is CC(C)Oc1ccc(NS(=O)(=O)CCl)cc1Cl. The van der Waals surface area contributed by atoms with E-state index < -0.39 is 15.2 Å². The summed E-state index contributed by atoms with van der Waals surface area (Å²) in [6.07, 6.45) is -0.00196. The predicted molar refractivity (Wildman–Crippen MR) is 70.5 cm³/mol. The van der Waals surface area contributed by atoms with E-state index in [1.54, 1.807) is 12.1 Å². The highest BCUT2D eigenvalue weighted by molar-refractivity contribution is 7.93. The molecule has 0 radical (unpaired) electrons. The Hall–Kier alpha value is -0.650. The van der Waals surface area contributed by atoms with Crippen LogP contribution in [-0.4, -0.2) is 19.7 Å². The maximum absolute atomic E-state index is 11.2. The molecule has 0 unspecified atom stereocenters. The number of rotatable bonds is 5. The van der Waals surface area contributed by atoms with Gasteiger partial charge in [0.15, 0.2) is 0 Å². The quantitative estimate of drug-likeness (QED) is 0.850. The molecule has 0 saturated carbocycles. The van der Waals surface area contributed by atoms with Crippen molar-refractivity contribution in [1.29, 1.82) is 0 Å². The van der Waals surface area contributed by atoms with Crippen LogP contribution in [0.25, 0.3) is 0 Å². The van der Waals surface area contributed by atoms with Gasteiger partial charge in [0.05, 0.1) is 16.8 Å². The lowest BCUT2D eigenvalue weighted by Gasteiger charge is -2.12. The highest BCUT2D eigenvalue weighted by Gasteiger charge is 2.10. The minimum absolute atomic E-state index is 0.00196. The normalized spacial score (nSPS) is 11.6. The molecule has 1 aromatic carbocycles. The molecule has 1 rings (SSSR count). The van der Waals surface area contributed by atoms with Crippen LogP contribution in [0.5, 0.6) is 5.75 Å². The summed E-state index contributed by atoms with van der Waals surface area (Å²) in [4.78, 5) is 0. The van der Waals surface area contributed by atoms with Crippen molar-refractivity contribution < 1.29 is 13.2 Å². The second-order valence-electron chi connectivity index (χ2n) is 3.64. The molecule has 0 saturated heterocycles. The smallest absolute Gasteiger partial charge is 0.246 e. The number of hydrogen-bond acceptors (Lipinski definition) is 3. The first-order chi connectivity index (χ1) is 7.84. The lowest BCUT2D eigenvalue weighted by molar-refractivity contribution is 0.242. The van der Waals surface area contributed by atoms with Gasteiger partial charge >= 0.3 is 0 Å². The number of hydrogen-bond donors (Lipinski definition) is 1. The number of alkyl halides is 1. The van der Waals surface area contributed by atoms with Crippen LogP contribution in [0.2, 0.25) is 5.02 Å². The molecular formula is C10H13Cl2NO3S. The van der Waals surface area contributed by atoms with Crippen LogP contribution in [-0.2, 0) is 10.0 Å². The van der Waals surface area contributed by atoms with Crippen molar-refractivity contribution in [2.45, 2.75) is 20.0 Å². The molecule has 96 valence electrons. The van der Waals surface area contributed by atoms with Gasteiger partial charge in [0.1, 0.15) is 11.0 Å². The van der Waals surface area contributed by atoms with Crippen LogP contribution < -0.4 is 9.46 Å². The molecule has 0 fully saturated rings. The summed E-state index contributed by atoms with van der Waals surface area (Å²) < 4.78 is 30.2. The molecule has 4 nitrogen and oxygen atoms in total. The summed E-state index contributed by atoms with van der Waals surface area (Å²) in [5.41, 5.74) is 0.353. The van der Waals surface area contributed by atoms with Crippen molar-refractivity contribution >= 4 is 38.9 Å². The number of benzene rings is 1. The average molecular weight is 298 g/mol. The van der Waals surface area contributed by atoms with Gasteiger partial charge in [0, 0.05) is 0 Å². The Morgan fingerprint density at radius 3 is 2.53 bits per heavy atom. The fourth-order valence-corrected chi connectivity index (χ4v) is 2.05. The first kappa shape index (κ1) is 14.4. The lowest BCUT2D eigenvalue weighted by atomic mass is 10.3. The summed E-state index contributed by atoms with van der Waals surface area (Å²) in [5, 5.41) is -0.164. The molecule has 0 aliphatic rings. The molecule has 0 heterocycles. The Kier molecular flexibility index (Phi) is 4.91. The van der Waals surface area contributed by atoms with E-state index in [0.29, 0.717) is 16.5 Å². The third-order valence-electron chi connectivity index (χ3n) is 1.71. The second kappa shape index (κ2) is 5.80. The van der Waals surface area contributed by atoms with Crippen molar-refractivity contribution in [3.05, 3.63) is 23.2 Å². The highest BCUT2D eigenvalue weighted by Crippen LogP contribution is 2.28. The maximum Gasteiger partial charge on any atom is 0.246 e. The molecule has 1 N–H and O–H groups in total. The van der Waals surface area contributed by atoms with Crippen molar-refractivity contribution in [3.63, 3.8) is 0 Å². The standard InChI is InChI=1S/C10H13Cl2NO3S/c1-7(2)16-10-4-3-8(5-9(10)12)13-17(14,15)6-11/h3-5,7,13H,6H2,1-2H3. The van der Waals surface area contributed by atoms with E-state index in [0.717, 1.165) is 0 Å². The van der Waals surface area contributed by atoms with Gasteiger partial charge in [0.2, 0.25) is 10.0 Å². The van der Waals surface area contributed by atoms with Gasteiger partial charge in [-0.3, -0.25) is 4.72 Å². The van der Waals surface area contributed by atoms with E-state index in [1.165, 1.54) is 6.07 Å². The average Bonchev–Trinajstić information content (AvgIpc) is 2.21. The zero-order valence-electron chi connectivity index (χ0n) is 9.41. The van der Waals surface area contributed by atoms with Crippen molar-refractivity contribution in [2.24, 2.45) is 0 Å². The van der Waals surface area contributed by atoms with Crippen molar-refractivity contribution in [1.82, 2.24) is 0 Å². The van der Waals surface area contributed by atoms with E-state index in [2.05, 4.69) is 4.72 Å². The molecule has 0 amide bonds. The molecule has 1 aromatic rings. The van der Waals surface area contributed by atoms with Gasteiger partial charge in [0.25, 0.3) is 0 Å². The predicted octanol–water partition coefficient (Wildman–Crippen LogP) is 3.07. The molecule has 0 aliphatic heterocycles. The second-order valence-corrected chi connectivity index (χ2v) is 6.35. The van der Waals surface area contributed by atoms with Crippen LogP contribution in [0.3, 0.4) is 0 Å². The molecule has 0 aromatic heterocycles. The zero-order valence-corrected chi connectivity index (χ0v) is 11.7. The summed E-state index contributed by atoms with van der Waals surface area (Å²) in [6, 6.07) is 4.64. The third-order valence-corrected chi connectivity index (χ3v) is 3.70. The van der Waals surface area contributed by atoms with E-state index in [9.17, 15) is 8.42 Å². The molecule has 0 bridgehead atoms. The van der Waals surface area contributed by atoms with E-state index in [4.69, 9.17) is 27.9 Å². The fourth-order valence-electron chi connectivity index (χ4n) is 1.12. The topological polar surface area (TPSA) is 55.4 Å². The summed E-state index contributed by atoms with van der Waals surface area (Å²) in [5.74, 6) is 0.510. The molecule has 7 heteroatoms. The summed E-state index contributed by atoms with van der Waals surface area (Å²) in [6.45, 7) is 3.75. The Morgan fingerprint density at radius 1 is 1.41 bits per heavy atom. The van der Waals surface area contributed by atoms with Gasteiger partial charge in [-0.2, -0.15) is 0 Å². The van der Waals surface area contributed by atoms with Crippen LogP contribution in [0.1, 0.15) is 13.8 Å². The van der Waals surface area contributed by atoms with Crippen molar-refractivity contribution in [3.8, 4) is 5.75 Å². The van der Waals surface area contributed by atoms with Gasteiger partial charge in [-0.1, -0.05) is 11.6 Å². The minimum atomic E-state index is -3.51. The molecule has 17 heavy (non-hydrogen) atoms.